The predicted molar refractivity (Wildman–Crippen MR) is 97.7 cm³/mol. The maximum atomic E-state index is 10.9. The molecule has 2 aromatic carbocycles. The molecule has 0 spiro atoms. The zero-order valence-corrected chi connectivity index (χ0v) is 14.5. The van der Waals surface area contributed by atoms with Crippen LogP contribution < -0.4 is 0 Å². The number of aromatic hydroxyl groups is 1. The van der Waals surface area contributed by atoms with Crippen LogP contribution in [-0.4, -0.2) is 46.4 Å². The molecule has 1 fully saturated rings. The van der Waals surface area contributed by atoms with E-state index in [1.54, 1.807) is 0 Å². The smallest absolute Gasteiger partial charge is 0.270 e. The number of nitro groups is 1. The summed E-state index contributed by atoms with van der Waals surface area (Å²) in [6.45, 7) is 0.657. The average molecular weight is 372 g/mol. The summed E-state index contributed by atoms with van der Waals surface area (Å²) >= 11 is 0. The van der Waals surface area contributed by atoms with Gasteiger partial charge in [-0.25, -0.2) is 0 Å². The number of phenols is 1. The minimum atomic E-state index is -0.987. The molecule has 1 saturated heterocycles. The Morgan fingerprint density at radius 2 is 2.07 bits per heavy atom. The van der Waals surface area contributed by atoms with Gasteiger partial charge < -0.3 is 19.7 Å². The van der Waals surface area contributed by atoms with Crippen molar-refractivity contribution in [1.82, 2.24) is 0 Å². The van der Waals surface area contributed by atoms with Crippen molar-refractivity contribution in [2.45, 2.75) is 31.5 Å². The SMILES string of the molecule is O=[N+]([O-])c1ccc(O)c(C=NC2CCOC(OCc3ccccc3)C2O)c1. The van der Waals surface area contributed by atoms with Crippen LogP contribution in [0.1, 0.15) is 17.5 Å². The summed E-state index contributed by atoms with van der Waals surface area (Å²) in [5, 5.41) is 31.2. The Kier molecular flexibility index (Phi) is 6.12. The number of hydrogen-bond acceptors (Lipinski definition) is 7. The Morgan fingerprint density at radius 3 is 2.81 bits per heavy atom. The van der Waals surface area contributed by atoms with Crippen molar-refractivity contribution in [3.8, 4) is 5.75 Å². The molecule has 1 heterocycles. The highest BCUT2D eigenvalue weighted by Crippen LogP contribution is 2.23. The van der Waals surface area contributed by atoms with Gasteiger partial charge in [0.1, 0.15) is 11.9 Å². The highest BCUT2D eigenvalue weighted by atomic mass is 16.7. The molecule has 0 amide bonds. The largest absolute Gasteiger partial charge is 0.507 e. The molecule has 0 radical (unpaired) electrons. The number of aliphatic hydroxyl groups is 1. The van der Waals surface area contributed by atoms with Gasteiger partial charge in [-0.15, -0.1) is 0 Å². The molecular weight excluding hydrogens is 352 g/mol. The molecule has 3 unspecified atom stereocenters. The van der Waals surface area contributed by atoms with Crippen LogP contribution in [-0.2, 0) is 16.1 Å². The first-order chi connectivity index (χ1) is 13.0. The molecule has 2 aromatic rings. The Balaban J connectivity index is 1.65. The number of non-ortho nitro benzene ring substituents is 1. The van der Waals surface area contributed by atoms with E-state index >= 15 is 0 Å². The number of rotatable bonds is 6. The summed E-state index contributed by atoms with van der Waals surface area (Å²) in [6.07, 6.45) is -0.00619. The first kappa shape index (κ1) is 19.0. The lowest BCUT2D eigenvalue weighted by Gasteiger charge is -2.32. The number of aliphatic imine (C=N–C) groups is 1. The van der Waals surface area contributed by atoms with Crippen LogP contribution in [0.4, 0.5) is 5.69 Å². The van der Waals surface area contributed by atoms with Crippen LogP contribution in [0.3, 0.4) is 0 Å². The molecule has 1 aliphatic heterocycles. The van der Waals surface area contributed by atoms with Crippen molar-refractivity contribution in [1.29, 1.82) is 0 Å². The van der Waals surface area contributed by atoms with Crippen LogP contribution in [0.15, 0.2) is 53.5 Å². The van der Waals surface area contributed by atoms with Crippen LogP contribution in [0.25, 0.3) is 0 Å². The van der Waals surface area contributed by atoms with Crippen LogP contribution in [0.2, 0.25) is 0 Å². The Labute approximate surface area is 155 Å². The Hall–Kier alpha value is -2.81. The van der Waals surface area contributed by atoms with Gasteiger partial charge in [-0.05, 0) is 18.1 Å². The number of nitro benzene ring substituents is 1. The molecule has 1 aliphatic rings. The number of phenolic OH excluding ortho intramolecular Hbond substituents is 1. The third-order valence-electron chi connectivity index (χ3n) is 4.25. The molecule has 3 atom stereocenters. The summed E-state index contributed by atoms with van der Waals surface area (Å²) in [6, 6.07) is 12.7. The molecule has 0 aromatic heterocycles. The van der Waals surface area contributed by atoms with Crippen LogP contribution in [0.5, 0.6) is 5.75 Å². The first-order valence-electron chi connectivity index (χ1n) is 8.50. The second-order valence-corrected chi connectivity index (χ2v) is 6.16. The molecule has 0 saturated carbocycles. The van der Waals surface area contributed by atoms with Crippen molar-refractivity contribution in [2.75, 3.05) is 6.61 Å². The van der Waals surface area contributed by atoms with Gasteiger partial charge in [0.15, 0.2) is 6.29 Å². The second-order valence-electron chi connectivity index (χ2n) is 6.16. The zero-order valence-electron chi connectivity index (χ0n) is 14.5. The Bertz CT molecular complexity index is 811. The van der Waals surface area contributed by atoms with Crippen molar-refractivity contribution in [3.05, 3.63) is 69.8 Å². The molecule has 142 valence electrons. The van der Waals surface area contributed by atoms with E-state index in [1.807, 2.05) is 30.3 Å². The summed E-state index contributed by atoms with van der Waals surface area (Å²) in [5.41, 5.74) is 1.02. The van der Waals surface area contributed by atoms with E-state index in [0.29, 0.717) is 19.6 Å². The molecule has 8 nitrogen and oxygen atoms in total. The standard InChI is InChI=1S/C19H20N2O6/c22-17-7-6-15(21(24)25)10-14(17)11-20-16-8-9-26-19(18(16)23)27-12-13-4-2-1-3-5-13/h1-7,10-11,16,18-19,22-23H,8-9,12H2. The summed E-state index contributed by atoms with van der Waals surface area (Å²) in [5.74, 6) is -0.122. The van der Waals surface area contributed by atoms with Gasteiger partial charge in [0.2, 0.25) is 0 Å². The summed E-state index contributed by atoms with van der Waals surface area (Å²) < 4.78 is 11.1. The third-order valence-corrected chi connectivity index (χ3v) is 4.25. The maximum absolute atomic E-state index is 10.9. The fourth-order valence-electron chi connectivity index (χ4n) is 2.75. The highest BCUT2D eigenvalue weighted by Gasteiger charge is 2.33. The van der Waals surface area contributed by atoms with E-state index in [9.17, 15) is 20.3 Å². The van der Waals surface area contributed by atoms with E-state index < -0.39 is 23.4 Å². The topological polar surface area (TPSA) is 114 Å². The minimum absolute atomic E-state index is 0.122. The first-order valence-corrected chi connectivity index (χ1v) is 8.50. The van der Waals surface area contributed by atoms with E-state index in [0.717, 1.165) is 5.56 Å². The van der Waals surface area contributed by atoms with Crippen molar-refractivity contribution >= 4 is 11.9 Å². The van der Waals surface area contributed by atoms with Gasteiger partial charge in [-0.2, -0.15) is 0 Å². The third kappa shape index (κ3) is 4.88. The number of hydrogen-bond donors (Lipinski definition) is 2. The predicted octanol–water partition coefficient (Wildman–Crippen LogP) is 2.41. The average Bonchev–Trinajstić information content (AvgIpc) is 2.68. The molecule has 8 heteroatoms. The maximum Gasteiger partial charge on any atom is 0.270 e. The number of benzene rings is 2. The van der Waals surface area contributed by atoms with Gasteiger partial charge >= 0.3 is 0 Å². The normalized spacial score (nSPS) is 22.8. The minimum Gasteiger partial charge on any atom is -0.507 e. The summed E-state index contributed by atoms with van der Waals surface area (Å²) in [7, 11) is 0. The van der Waals surface area contributed by atoms with Crippen LogP contribution >= 0.6 is 0 Å². The Morgan fingerprint density at radius 1 is 1.30 bits per heavy atom. The van der Waals surface area contributed by atoms with Gasteiger partial charge in [-0.1, -0.05) is 30.3 Å². The number of ether oxygens (including phenoxy) is 2. The van der Waals surface area contributed by atoms with Gasteiger partial charge in [0.05, 0.1) is 24.2 Å². The lowest BCUT2D eigenvalue weighted by Crippen LogP contribution is -2.45. The lowest BCUT2D eigenvalue weighted by molar-refractivity contribution is -0.384. The summed E-state index contributed by atoms with van der Waals surface area (Å²) in [4.78, 5) is 14.6. The highest BCUT2D eigenvalue weighted by molar-refractivity contribution is 5.84. The van der Waals surface area contributed by atoms with Gasteiger partial charge in [-0.3, -0.25) is 15.1 Å². The fraction of sp³-hybridized carbons (Fsp3) is 0.316. The monoisotopic (exact) mass is 372 g/mol. The van der Waals surface area contributed by atoms with Gasteiger partial charge in [0, 0.05) is 23.9 Å². The molecule has 27 heavy (non-hydrogen) atoms. The molecular formula is C19H20N2O6. The quantitative estimate of drug-likeness (QED) is 0.457. The van der Waals surface area contributed by atoms with Crippen molar-refractivity contribution in [3.63, 3.8) is 0 Å². The van der Waals surface area contributed by atoms with Crippen LogP contribution in [0, 0.1) is 10.1 Å². The fourth-order valence-corrected chi connectivity index (χ4v) is 2.75. The van der Waals surface area contributed by atoms with E-state index in [1.165, 1.54) is 24.4 Å². The van der Waals surface area contributed by atoms with Gasteiger partial charge in [0.25, 0.3) is 5.69 Å². The van der Waals surface area contributed by atoms with E-state index in [-0.39, 0.29) is 17.0 Å². The number of aliphatic hydroxyl groups excluding tert-OH is 1. The molecule has 3 rings (SSSR count). The van der Waals surface area contributed by atoms with Crippen molar-refractivity contribution in [2.24, 2.45) is 4.99 Å². The van der Waals surface area contributed by atoms with Crippen molar-refractivity contribution < 1.29 is 24.6 Å². The van der Waals surface area contributed by atoms with E-state index in [4.69, 9.17) is 9.47 Å². The second kappa shape index (κ2) is 8.72. The molecule has 0 aliphatic carbocycles. The number of nitrogens with zero attached hydrogens (tertiary/aromatic N) is 2. The lowest BCUT2D eigenvalue weighted by atomic mass is 10.1. The van der Waals surface area contributed by atoms with E-state index in [2.05, 4.69) is 4.99 Å². The zero-order chi connectivity index (χ0) is 19.2. The molecule has 0 bridgehead atoms. The molecule has 2 N–H and O–H groups in total.